The number of hydrogen-bond donors (Lipinski definition) is 0. The van der Waals surface area contributed by atoms with Crippen molar-refractivity contribution in [3.63, 3.8) is 0 Å². The smallest absolute Gasteiger partial charge is 0.238 e. The first-order valence-electron chi connectivity index (χ1n) is 16.8. The van der Waals surface area contributed by atoms with Gasteiger partial charge in [-0.25, -0.2) is 15.0 Å². The number of thiophene rings is 1. The quantitative estimate of drug-likeness (QED) is 0.186. The summed E-state index contributed by atoms with van der Waals surface area (Å²) in [5, 5.41) is 5.69. The van der Waals surface area contributed by atoms with E-state index in [1.807, 2.05) is 66.9 Å². The fraction of sp³-hybridized carbons (Fsp3) is 0. The van der Waals surface area contributed by atoms with Gasteiger partial charge in [-0.05, 0) is 24.3 Å². The highest BCUT2D eigenvalue weighted by atomic mass is 32.1. The van der Waals surface area contributed by atoms with Gasteiger partial charge in [0.15, 0.2) is 11.6 Å². The van der Waals surface area contributed by atoms with Crippen molar-refractivity contribution in [1.82, 2.24) is 34.1 Å². The molecular weight excluding hydrogens is 647 g/mol. The number of fused-ring (bicyclic) bond motifs is 12. The molecule has 0 saturated heterocycles. The van der Waals surface area contributed by atoms with Gasteiger partial charge in [0.25, 0.3) is 0 Å². The molecule has 0 saturated carbocycles. The average Bonchev–Trinajstić information content (AvgIpc) is 3.87. The van der Waals surface area contributed by atoms with Crippen molar-refractivity contribution < 1.29 is 0 Å². The van der Waals surface area contributed by atoms with Crippen LogP contribution in [0.3, 0.4) is 0 Å². The van der Waals surface area contributed by atoms with Crippen LogP contribution in [0.25, 0.3) is 98.3 Å². The minimum Gasteiger partial charge on any atom is -0.308 e. The number of para-hydroxylation sites is 3. The molecule has 11 rings (SSSR count). The SMILES string of the molecule is c1ccc(-c2nc(-c3ccccc3)nc(-n3c4ccccc4c4c5c(c6ccccc6n5-c5ccccc5)c5sc6cncnc6c5c43)n2)cc1. The van der Waals surface area contributed by atoms with E-state index in [1.54, 1.807) is 17.7 Å². The summed E-state index contributed by atoms with van der Waals surface area (Å²) in [6.07, 6.45) is 3.58. The van der Waals surface area contributed by atoms with Crippen LogP contribution in [0.15, 0.2) is 152 Å². The number of benzene rings is 6. The lowest BCUT2D eigenvalue weighted by Gasteiger charge is -2.12. The molecule has 0 atom stereocenters. The molecule has 5 aromatic heterocycles. The number of hydrogen-bond acceptors (Lipinski definition) is 6. The van der Waals surface area contributed by atoms with Crippen molar-refractivity contribution in [2.45, 2.75) is 0 Å². The van der Waals surface area contributed by atoms with E-state index < -0.39 is 0 Å². The van der Waals surface area contributed by atoms with E-state index >= 15 is 0 Å². The van der Waals surface area contributed by atoms with Crippen molar-refractivity contribution in [3.8, 4) is 34.4 Å². The highest BCUT2D eigenvalue weighted by molar-refractivity contribution is 7.27. The van der Waals surface area contributed by atoms with E-state index in [1.165, 1.54) is 10.8 Å². The normalized spacial score (nSPS) is 11.9. The lowest BCUT2D eigenvalue weighted by Crippen LogP contribution is -2.06. The van der Waals surface area contributed by atoms with Gasteiger partial charge in [-0.2, -0.15) is 9.97 Å². The minimum absolute atomic E-state index is 0.547. The van der Waals surface area contributed by atoms with Crippen molar-refractivity contribution in [2.24, 2.45) is 0 Å². The summed E-state index contributed by atoms with van der Waals surface area (Å²) in [5.41, 5.74) is 8.15. The second-order valence-electron chi connectivity index (χ2n) is 12.5. The van der Waals surface area contributed by atoms with Gasteiger partial charge in [0, 0.05) is 54.6 Å². The second-order valence-corrected chi connectivity index (χ2v) is 13.6. The van der Waals surface area contributed by atoms with Crippen LogP contribution >= 0.6 is 11.3 Å². The maximum absolute atomic E-state index is 5.25. The zero-order chi connectivity index (χ0) is 33.5. The Bertz CT molecular complexity index is 3070. The van der Waals surface area contributed by atoms with Crippen LogP contribution in [0.5, 0.6) is 0 Å². The molecular formula is C43H25N7S. The Hall–Kier alpha value is -6.77. The number of rotatable bonds is 4. The third-order valence-electron chi connectivity index (χ3n) is 9.71. The molecule has 238 valence electrons. The van der Waals surface area contributed by atoms with E-state index in [0.717, 1.165) is 70.0 Å². The van der Waals surface area contributed by atoms with Crippen molar-refractivity contribution in [3.05, 3.63) is 152 Å². The number of nitrogens with zero attached hydrogens (tertiary/aromatic N) is 7. The van der Waals surface area contributed by atoms with Gasteiger partial charge in [-0.1, -0.05) is 115 Å². The summed E-state index contributed by atoms with van der Waals surface area (Å²) in [6.45, 7) is 0. The fourth-order valence-corrected chi connectivity index (χ4v) is 8.81. The molecule has 5 heterocycles. The third kappa shape index (κ3) is 4.08. The molecule has 7 nitrogen and oxygen atoms in total. The molecule has 0 radical (unpaired) electrons. The molecule has 0 amide bonds. The maximum Gasteiger partial charge on any atom is 0.238 e. The Labute approximate surface area is 294 Å². The topological polar surface area (TPSA) is 74.3 Å². The van der Waals surface area contributed by atoms with Crippen LogP contribution in [0.2, 0.25) is 0 Å². The zero-order valence-electron chi connectivity index (χ0n) is 27.0. The lowest BCUT2D eigenvalue weighted by molar-refractivity contribution is 0.955. The zero-order valence-corrected chi connectivity index (χ0v) is 27.8. The summed E-state index contributed by atoms with van der Waals surface area (Å²) >= 11 is 1.74. The molecule has 0 fully saturated rings. The van der Waals surface area contributed by atoms with Gasteiger partial charge in [0.05, 0.1) is 32.3 Å². The molecule has 0 aliphatic heterocycles. The predicted octanol–water partition coefficient (Wildman–Crippen LogP) is 10.6. The summed E-state index contributed by atoms with van der Waals surface area (Å²) in [4.78, 5) is 24.9. The highest BCUT2D eigenvalue weighted by Gasteiger charge is 2.28. The van der Waals surface area contributed by atoms with Gasteiger partial charge in [0.2, 0.25) is 5.95 Å². The van der Waals surface area contributed by atoms with Gasteiger partial charge < -0.3 is 4.57 Å². The van der Waals surface area contributed by atoms with Crippen LogP contribution in [0.4, 0.5) is 0 Å². The van der Waals surface area contributed by atoms with Crippen molar-refractivity contribution in [1.29, 1.82) is 0 Å². The Kier molecular flexibility index (Phi) is 5.99. The molecule has 11 aromatic rings. The monoisotopic (exact) mass is 671 g/mol. The van der Waals surface area contributed by atoms with Gasteiger partial charge >= 0.3 is 0 Å². The van der Waals surface area contributed by atoms with E-state index in [-0.39, 0.29) is 0 Å². The summed E-state index contributed by atoms with van der Waals surface area (Å²) in [6, 6.07) is 48.2. The van der Waals surface area contributed by atoms with Gasteiger partial charge in [-0.15, -0.1) is 11.3 Å². The molecule has 0 unspecified atom stereocenters. The van der Waals surface area contributed by atoms with E-state index in [0.29, 0.717) is 17.6 Å². The van der Waals surface area contributed by atoms with Crippen LogP contribution in [0.1, 0.15) is 0 Å². The van der Waals surface area contributed by atoms with E-state index in [4.69, 9.17) is 19.9 Å². The second kappa shape index (κ2) is 10.9. The van der Waals surface area contributed by atoms with Crippen LogP contribution < -0.4 is 0 Å². The molecule has 6 aromatic carbocycles. The summed E-state index contributed by atoms with van der Waals surface area (Å²) in [7, 11) is 0. The first-order chi connectivity index (χ1) is 25.3. The average molecular weight is 672 g/mol. The molecule has 0 spiro atoms. The third-order valence-corrected chi connectivity index (χ3v) is 10.8. The van der Waals surface area contributed by atoms with Crippen LogP contribution in [0, 0.1) is 0 Å². The fourth-order valence-electron chi connectivity index (χ4n) is 7.62. The van der Waals surface area contributed by atoms with E-state index in [2.05, 4.69) is 93.0 Å². The Morgan fingerprint density at radius 3 is 1.71 bits per heavy atom. The molecule has 8 heteroatoms. The van der Waals surface area contributed by atoms with E-state index in [9.17, 15) is 0 Å². The molecule has 0 aliphatic carbocycles. The van der Waals surface area contributed by atoms with Gasteiger partial charge in [-0.3, -0.25) is 4.57 Å². The first-order valence-corrected chi connectivity index (χ1v) is 17.6. The predicted molar refractivity (Wildman–Crippen MR) is 208 cm³/mol. The minimum atomic E-state index is 0.547. The Balaban J connectivity index is 1.41. The molecule has 0 N–H and O–H groups in total. The van der Waals surface area contributed by atoms with Crippen molar-refractivity contribution >= 4 is 75.3 Å². The van der Waals surface area contributed by atoms with Crippen LogP contribution in [-0.4, -0.2) is 34.1 Å². The van der Waals surface area contributed by atoms with Crippen molar-refractivity contribution in [2.75, 3.05) is 0 Å². The summed E-state index contributed by atoms with van der Waals surface area (Å²) < 4.78 is 6.83. The maximum atomic E-state index is 5.25. The summed E-state index contributed by atoms with van der Waals surface area (Å²) in [5.74, 6) is 1.77. The first kappa shape index (κ1) is 28.1. The molecule has 0 bridgehead atoms. The van der Waals surface area contributed by atoms with Crippen LogP contribution in [-0.2, 0) is 0 Å². The lowest BCUT2D eigenvalue weighted by atomic mass is 10.0. The molecule has 51 heavy (non-hydrogen) atoms. The number of aromatic nitrogens is 7. The Morgan fingerprint density at radius 1 is 0.490 bits per heavy atom. The standard InChI is InChI=1S/C43H25N7S/c1-4-14-26(15-5-1)41-46-42(27-16-6-2-7-17-27)48-43(47-41)50-32-23-13-10-20-29(32)34-38-35(40-36(39(34)50)37-33(51-40)24-44-25-45-37)30-21-11-12-22-31(30)49(38)28-18-8-3-9-19-28/h1-25H. The van der Waals surface area contributed by atoms with Gasteiger partial charge in [0.1, 0.15) is 6.33 Å². The Morgan fingerprint density at radius 2 is 1.04 bits per heavy atom. The largest absolute Gasteiger partial charge is 0.308 e. The highest BCUT2D eigenvalue weighted by Crippen LogP contribution is 2.50. The molecule has 0 aliphatic rings.